The van der Waals surface area contributed by atoms with E-state index in [1.807, 2.05) is 0 Å². The SMILES string of the molecule is C=CC(=O)Nc1cccc(-n2c(=O)cc(C)c3cnc(Nc4cn(C)nc4C(F)(F)F)nc32)c1. The van der Waals surface area contributed by atoms with Crippen LogP contribution in [0.2, 0.25) is 0 Å². The molecule has 3 aromatic heterocycles. The number of halogens is 3. The van der Waals surface area contributed by atoms with Gasteiger partial charge in [0.2, 0.25) is 11.9 Å². The zero-order valence-electron chi connectivity index (χ0n) is 18.0. The largest absolute Gasteiger partial charge is 0.437 e. The van der Waals surface area contributed by atoms with Crippen LogP contribution in [0, 0.1) is 6.92 Å². The van der Waals surface area contributed by atoms with Crippen molar-refractivity contribution in [2.24, 2.45) is 7.05 Å². The minimum atomic E-state index is -4.69. The summed E-state index contributed by atoms with van der Waals surface area (Å²) in [7, 11) is 1.36. The second-order valence-corrected chi connectivity index (χ2v) is 7.36. The molecule has 12 heteroatoms. The van der Waals surface area contributed by atoms with Gasteiger partial charge >= 0.3 is 6.18 Å². The van der Waals surface area contributed by atoms with E-state index >= 15 is 0 Å². The molecule has 2 N–H and O–H groups in total. The zero-order valence-corrected chi connectivity index (χ0v) is 18.0. The van der Waals surface area contributed by atoms with Crippen molar-refractivity contribution in [1.29, 1.82) is 0 Å². The summed E-state index contributed by atoms with van der Waals surface area (Å²) in [4.78, 5) is 33.0. The molecule has 1 aromatic carbocycles. The lowest BCUT2D eigenvalue weighted by Crippen LogP contribution is -2.20. The van der Waals surface area contributed by atoms with E-state index in [2.05, 4.69) is 32.3 Å². The first-order valence-corrected chi connectivity index (χ1v) is 9.88. The van der Waals surface area contributed by atoms with Crippen LogP contribution in [0.15, 0.2) is 60.2 Å². The number of rotatable bonds is 5. The molecular formula is C22H18F3N7O2. The molecule has 0 saturated heterocycles. The van der Waals surface area contributed by atoms with Crippen molar-refractivity contribution in [3.8, 4) is 5.69 Å². The molecule has 0 aliphatic carbocycles. The Kier molecular flexibility index (Phi) is 5.65. The Balaban J connectivity index is 1.85. The molecule has 0 radical (unpaired) electrons. The number of hydrogen-bond donors (Lipinski definition) is 2. The second-order valence-electron chi connectivity index (χ2n) is 7.36. The Morgan fingerprint density at radius 1 is 1.24 bits per heavy atom. The van der Waals surface area contributed by atoms with Gasteiger partial charge in [-0.3, -0.25) is 18.8 Å². The third-order valence-corrected chi connectivity index (χ3v) is 4.87. The lowest BCUT2D eigenvalue weighted by atomic mass is 10.2. The molecule has 3 heterocycles. The molecule has 4 aromatic rings. The number of anilines is 3. The third kappa shape index (κ3) is 4.37. The maximum absolute atomic E-state index is 13.3. The summed E-state index contributed by atoms with van der Waals surface area (Å²) in [5.74, 6) is -0.579. The summed E-state index contributed by atoms with van der Waals surface area (Å²) in [6.07, 6.45) is -0.997. The number of carbonyl (C=O) groups is 1. The van der Waals surface area contributed by atoms with Gasteiger partial charge in [-0.1, -0.05) is 12.6 Å². The minimum absolute atomic E-state index is 0.152. The molecule has 34 heavy (non-hydrogen) atoms. The molecule has 0 spiro atoms. The number of fused-ring (bicyclic) bond motifs is 1. The van der Waals surface area contributed by atoms with E-state index in [0.717, 1.165) is 17.0 Å². The van der Waals surface area contributed by atoms with Gasteiger partial charge in [-0.25, -0.2) is 4.98 Å². The fraction of sp³-hybridized carbons (Fsp3) is 0.136. The highest BCUT2D eigenvalue weighted by Gasteiger charge is 2.37. The molecule has 0 bridgehead atoms. The average molecular weight is 469 g/mol. The molecule has 174 valence electrons. The van der Waals surface area contributed by atoms with Gasteiger partial charge in [0.15, 0.2) is 11.3 Å². The molecule has 0 fully saturated rings. The highest BCUT2D eigenvalue weighted by molar-refractivity contribution is 5.99. The zero-order chi connectivity index (χ0) is 24.6. The topological polar surface area (TPSA) is 107 Å². The lowest BCUT2D eigenvalue weighted by Gasteiger charge is -2.14. The van der Waals surface area contributed by atoms with E-state index in [1.165, 1.54) is 23.9 Å². The number of nitrogens with zero attached hydrogens (tertiary/aromatic N) is 5. The first-order chi connectivity index (χ1) is 16.1. The Morgan fingerprint density at radius 2 is 2.00 bits per heavy atom. The van der Waals surface area contributed by atoms with Crippen molar-refractivity contribution in [2.75, 3.05) is 10.6 Å². The molecule has 0 unspecified atom stereocenters. The fourth-order valence-corrected chi connectivity index (χ4v) is 3.39. The van der Waals surface area contributed by atoms with Crippen LogP contribution in [0.4, 0.5) is 30.5 Å². The number of amides is 1. The van der Waals surface area contributed by atoms with Crippen molar-refractivity contribution >= 4 is 34.3 Å². The highest BCUT2D eigenvalue weighted by atomic mass is 19.4. The van der Waals surface area contributed by atoms with Crippen LogP contribution in [0.5, 0.6) is 0 Å². The summed E-state index contributed by atoms with van der Waals surface area (Å²) in [5, 5.41) is 9.13. The first kappa shape index (κ1) is 22.7. The number of aromatic nitrogens is 5. The lowest BCUT2D eigenvalue weighted by molar-refractivity contribution is -0.140. The average Bonchev–Trinajstić information content (AvgIpc) is 3.14. The van der Waals surface area contributed by atoms with Crippen LogP contribution in [-0.2, 0) is 18.0 Å². The molecule has 1 amide bonds. The van der Waals surface area contributed by atoms with Crippen molar-refractivity contribution < 1.29 is 18.0 Å². The predicted octanol–water partition coefficient (Wildman–Crippen LogP) is 3.71. The normalized spacial score (nSPS) is 11.4. The van der Waals surface area contributed by atoms with Crippen LogP contribution in [0.1, 0.15) is 11.3 Å². The maximum atomic E-state index is 13.3. The Hall–Kier alpha value is -4.48. The quantitative estimate of drug-likeness (QED) is 0.432. The Labute approximate surface area is 190 Å². The number of aryl methyl sites for hydroxylation is 2. The van der Waals surface area contributed by atoms with Crippen LogP contribution in [-0.4, -0.2) is 30.2 Å². The summed E-state index contributed by atoms with van der Waals surface area (Å²) in [6, 6.07) is 7.87. The number of alkyl halides is 3. The third-order valence-electron chi connectivity index (χ3n) is 4.87. The van der Waals surface area contributed by atoms with E-state index in [9.17, 15) is 22.8 Å². The Morgan fingerprint density at radius 3 is 2.71 bits per heavy atom. The molecule has 0 aliphatic heterocycles. The molecule has 0 aliphatic rings. The standard InChI is InChI=1S/C22H18F3N7O2/c1-4-17(33)27-13-6-5-7-14(9-13)32-18(34)8-12(2)15-10-26-21(29-20(15)32)28-16-11-31(3)30-19(16)22(23,24)25/h4-11H,1H2,2-3H3,(H,27,33)(H,26,28,29). The van der Waals surface area contributed by atoms with Gasteiger partial charge in [-0.05, 0) is 36.8 Å². The van der Waals surface area contributed by atoms with Crippen molar-refractivity contribution in [3.63, 3.8) is 0 Å². The first-order valence-electron chi connectivity index (χ1n) is 9.88. The van der Waals surface area contributed by atoms with Gasteiger partial charge < -0.3 is 10.6 Å². The monoisotopic (exact) mass is 469 g/mol. The highest BCUT2D eigenvalue weighted by Crippen LogP contribution is 2.34. The number of carbonyl (C=O) groups excluding carboxylic acids is 1. The van der Waals surface area contributed by atoms with Gasteiger partial charge in [0.05, 0.1) is 11.4 Å². The van der Waals surface area contributed by atoms with Crippen LogP contribution >= 0.6 is 0 Å². The molecule has 0 saturated carbocycles. The number of hydrogen-bond acceptors (Lipinski definition) is 6. The van der Waals surface area contributed by atoms with E-state index < -0.39 is 23.3 Å². The predicted molar refractivity (Wildman–Crippen MR) is 120 cm³/mol. The van der Waals surface area contributed by atoms with E-state index in [1.54, 1.807) is 31.2 Å². The number of pyridine rings is 1. The van der Waals surface area contributed by atoms with Crippen LogP contribution in [0.3, 0.4) is 0 Å². The summed E-state index contributed by atoms with van der Waals surface area (Å²) < 4.78 is 42.3. The number of benzene rings is 1. The second kappa shape index (κ2) is 8.46. The van der Waals surface area contributed by atoms with Gasteiger partial charge in [-0.15, -0.1) is 0 Å². The maximum Gasteiger partial charge on any atom is 0.437 e. The van der Waals surface area contributed by atoms with Crippen molar-refractivity contribution in [2.45, 2.75) is 13.1 Å². The van der Waals surface area contributed by atoms with E-state index in [-0.39, 0.29) is 17.3 Å². The Bertz CT molecular complexity index is 1490. The fourth-order valence-electron chi connectivity index (χ4n) is 3.39. The van der Waals surface area contributed by atoms with Gasteiger partial charge in [0, 0.05) is 36.6 Å². The van der Waals surface area contributed by atoms with E-state index in [0.29, 0.717) is 22.3 Å². The van der Waals surface area contributed by atoms with Crippen LogP contribution < -0.4 is 16.2 Å². The van der Waals surface area contributed by atoms with Gasteiger partial charge in [0.1, 0.15) is 0 Å². The van der Waals surface area contributed by atoms with Gasteiger partial charge in [0.25, 0.3) is 5.56 Å². The minimum Gasteiger partial charge on any atom is -0.322 e. The van der Waals surface area contributed by atoms with E-state index in [4.69, 9.17) is 0 Å². The van der Waals surface area contributed by atoms with Crippen molar-refractivity contribution in [3.05, 3.63) is 77.0 Å². The molecular weight excluding hydrogens is 451 g/mol. The van der Waals surface area contributed by atoms with Gasteiger partial charge in [-0.2, -0.15) is 23.3 Å². The summed E-state index contributed by atoms with van der Waals surface area (Å²) >= 11 is 0. The molecule has 0 atom stereocenters. The summed E-state index contributed by atoms with van der Waals surface area (Å²) in [6.45, 7) is 5.10. The number of nitrogens with one attached hydrogen (secondary N) is 2. The van der Waals surface area contributed by atoms with Crippen molar-refractivity contribution in [1.82, 2.24) is 24.3 Å². The summed E-state index contributed by atoms with van der Waals surface area (Å²) in [5.41, 5.74) is -0.293. The van der Waals surface area contributed by atoms with Crippen LogP contribution in [0.25, 0.3) is 16.7 Å². The smallest absolute Gasteiger partial charge is 0.322 e. The molecule has 9 nitrogen and oxygen atoms in total. The molecule has 4 rings (SSSR count).